The summed E-state index contributed by atoms with van der Waals surface area (Å²) in [5.41, 5.74) is 0.982. The van der Waals surface area contributed by atoms with E-state index >= 15 is 0 Å². The van der Waals surface area contributed by atoms with Gasteiger partial charge in [-0.2, -0.15) is 0 Å². The molecule has 0 aromatic carbocycles. The van der Waals surface area contributed by atoms with Crippen LogP contribution in [0.3, 0.4) is 0 Å². The van der Waals surface area contributed by atoms with E-state index in [4.69, 9.17) is 11.6 Å². The summed E-state index contributed by atoms with van der Waals surface area (Å²) in [5.74, 6) is 0.638. The number of aromatic nitrogens is 1. The Morgan fingerprint density at radius 1 is 1.64 bits per heavy atom. The Balaban J connectivity index is 2.63. The van der Waals surface area contributed by atoms with E-state index in [1.54, 1.807) is 6.20 Å². The van der Waals surface area contributed by atoms with Crippen molar-refractivity contribution in [2.24, 2.45) is 0 Å². The minimum atomic E-state index is -0.353. The summed E-state index contributed by atoms with van der Waals surface area (Å²) in [6, 6.07) is 1.85. The lowest BCUT2D eigenvalue weighted by atomic mass is 10.2. The zero-order chi connectivity index (χ0) is 10.6. The summed E-state index contributed by atoms with van der Waals surface area (Å²) in [6.45, 7) is 4.33. The molecule has 0 saturated heterocycles. The van der Waals surface area contributed by atoms with Crippen LogP contribution in [0.15, 0.2) is 12.3 Å². The smallest absolute Gasteiger partial charge is 0.145 e. The standard InChI is InChI=1S/C10H15ClN2O/c1-3-8(14)6-13-10-9(11)7(2)4-5-12-10/h4-5,8,14H,3,6H2,1-2H3,(H,12,13)/t8-/m0/s1. The molecule has 0 saturated carbocycles. The monoisotopic (exact) mass is 214 g/mol. The van der Waals surface area contributed by atoms with Gasteiger partial charge in [-0.25, -0.2) is 4.98 Å². The second-order valence-corrected chi connectivity index (χ2v) is 3.61. The summed E-state index contributed by atoms with van der Waals surface area (Å²) in [5, 5.41) is 13.0. The van der Waals surface area contributed by atoms with Crippen LogP contribution in [0, 0.1) is 6.92 Å². The Labute approximate surface area is 89.1 Å². The molecule has 2 N–H and O–H groups in total. The van der Waals surface area contributed by atoms with E-state index in [-0.39, 0.29) is 6.10 Å². The summed E-state index contributed by atoms with van der Waals surface area (Å²) >= 11 is 6.01. The van der Waals surface area contributed by atoms with Gasteiger partial charge < -0.3 is 10.4 Å². The van der Waals surface area contributed by atoms with Gasteiger partial charge in [-0.15, -0.1) is 0 Å². The van der Waals surface area contributed by atoms with Crippen molar-refractivity contribution in [2.75, 3.05) is 11.9 Å². The Morgan fingerprint density at radius 2 is 2.36 bits per heavy atom. The van der Waals surface area contributed by atoms with Crippen LogP contribution in [-0.4, -0.2) is 22.7 Å². The fourth-order valence-corrected chi connectivity index (χ4v) is 1.20. The molecule has 4 heteroatoms. The van der Waals surface area contributed by atoms with Crippen molar-refractivity contribution in [2.45, 2.75) is 26.4 Å². The summed E-state index contributed by atoms with van der Waals surface area (Å²) in [7, 11) is 0. The lowest BCUT2D eigenvalue weighted by molar-refractivity contribution is 0.183. The van der Waals surface area contributed by atoms with Crippen LogP contribution in [0.1, 0.15) is 18.9 Å². The maximum absolute atomic E-state index is 9.35. The first-order valence-corrected chi connectivity index (χ1v) is 5.06. The molecule has 1 atom stereocenters. The Kier molecular flexibility index (Phi) is 4.17. The molecular weight excluding hydrogens is 200 g/mol. The Hall–Kier alpha value is -0.800. The second-order valence-electron chi connectivity index (χ2n) is 3.23. The molecule has 0 unspecified atom stereocenters. The van der Waals surface area contributed by atoms with Crippen LogP contribution in [0.2, 0.25) is 5.02 Å². The molecule has 78 valence electrons. The molecule has 14 heavy (non-hydrogen) atoms. The minimum Gasteiger partial charge on any atom is -0.391 e. The molecule has 1 aromatic heterocycles. The predicted octanol–water partition coefficient (Wildman–Crippen LogP) is 2.23. The first-order valence-electron chi connectivity index (χ1n) is 4.68. The molecular formula is C10H15ClN2O. The van der Waals surface area contributed by atoms with Crippen molar-refractivity contribution in [3.8, 4) is 0 Å². The van der Waals surface area contributed by atoms with Crippen molar-refractivity contribution >= 4 is 17.4 Å². The van der Waals surface area contributed by atoms with Crippen molar-refractivity contribution in [1.29, 1.82) is 0 Å². The number of halogens is 1. The van der Waals surface area contributed by atoms with Crippen molar-refractivity contribution in [3.05, 3.63) is 22.8 Å². The number of hydrogen-bond donors (Lipinski definition) is 2. The molecule has 0 radical (unpaired) electrons. The average Bonchev–Trinajstić information content (AvgIpc) is 2.20. The van der Waals surface area contributed by atoms with Gasteiger partial charge in [-0.3, -0.25) is 0 Å². The topological polar surface area (TPSA) is 45.1 Å². The molecule has 0 aliphatic carbocycles. The number of anilines is 1. The number of aliphatic hydroxyl groups excluding tert-OH is 1. The summed E-state index contributed by atoms with van der Waals surface area (Å²) < 4.78 is 0. The number of rotatable bonds is 4. The number of aliphatic hydroxyl groups is 1. The molecule has 1 aromatic rings. The SMILES string of the molecule is CC[C@H](O)CNc1nccc(C)c1Cl. The Morgan fingerprint density at radius 3 is 3.00 bits per heavy atom. The number of hydrogen-bond acceptors (Lipinski definition) is 3. The third-order valence-electron chi connectivity index (χ3n) is 2.06. The lowest BCUT2D eigenvalue weighted by Gasteiger charge is -2.11. The number of nitrogens with one attached hydrogen (secondary N) is 1. The molecule has 0 spiro atoms. The van der Waals surface area contributed by atoms with Crippen LogP contribution in [0.4, 0.5) is 5.82 Å². The van der Waals surface area contributed by atoms with Gasteiger partial charge in [0.2, 0.25) is 0 Å². The van der Waals surface area contributed by atoms with Gasteiger partial charge in [-0.1, -0.05) is 18.5 Å². The van der Waals surface area contributed by atoms with Gasteiger partial charge in [0, 0.05) is 12.7 Å². The van der Waals surface area contributed by atoms with Crippen molar-refractivity contribution < 1.29 is 5.11 Å². The van der Waals surface area contributed by atoms with Crippen LogP contribution >= 0.6 is 11.6 Å². The molecule has 0 aliphatic heterocycles. The van der Waals surface area contributed by atoms with Crippen LogP contribution in [0.5, 0.6) is 0 Å². The highest BCUT2D eigenvalue weighted by Crippen LogP contribution is 2.22. The van der Waals surface area contributed by atoms with Crippen LogP contribution in [0.25, 0.3) is 0 Å². The van der Waals surface area contributed by atoms with Crippen molar-refractivity contribution in [1.82, 2.24) is 4.98 Å². The van der Waals surface area contributed by atoms with Gasteiger partial charge >= 0.3 is 0 Å². The molecule has 1 heterocycles. The van der Waals surface area contributed by atoms with E-state index in [9.17, 15) is 5.11 Å². The molecule has 1 rings (SSSR count). The Bertz CT molecular complexity index is 304. The molecule has 0 aliphatic rings. The summed E-state index contributed by atoms with van der Waals surface area (Å²) in [4.78, 5) is 4.09. The second kappa shape index (κ2) is 5.17. The number of nitrogens with zero attached hydrogens (tertiary/aromatic N) is 1. The first kappa shape index (κ1) is 11.3. The first-order chi connectivity index (χ1) is 6.65. The van der Waals surface area contributed by atoms with Gasteiger partial charge in [-0.05, 0) is 25.0 Å². The molecule has 3 nitrogen and oxygen atoms in total. The third kappa shape index (κ3) is 2.86. The minimum absolute atomic E-state index is 0.353. The molecule has 0 bridgehead atoms. The number of aryl methyl sites for hydroxylation is 1. The fraction of sp³-hybridized carbons (Fsp3) is 0.500. The quantitative estimate of drug-likeness (QED) is 0.808. The van der Waals surface area contributed by atoms with E-state index in [1.807, 2.05) is 19.9 Å². The maximum atomic E-state index is 9.35. The zero-order valence-electron chi connectivity index (χ0n) is 8.42. The van der Waals surface area contributed by atoms with Gasteiger partial charge in [0.05, 0.1) is 11.1 Å². The third-order valence-corrected chi connectivity index (χ3v) is 2.54. The van der Waals surface area contributed by atoms with E-state index in [0.29, 0.717) is 17.4 Å². The molecule has 0 amide bonds. The van der Waals surface area contributed by atoms with E-state index < -0.39 is 0 Å². The van der Waals surface area contributed by atoms with E-state index in [2.05, 4.69) is 10.3 Å². The van der Waals surface area contributed by atoms with E-state index in [0.717, 1.165) is 12.0 Å². The lowest BCUT2D eigenvalue weighted by Crippen LogP contribution is -2.19. The van der Waals surface area contributed by atoms with Crippen LogP contribution < -0.4 is 5.32 Å². The van der Waals surface area contributed by atoms with Gasteiger partial charge in [0.1, 0.15) is 5.82 Å². The summed E-state index contributed by atoms with van der Waals surface area (Å²) in [6.07, 6.45) is 2.06. The zero-order valence-corrected chi connectivity index (χ0v) is 9.17. The highest BCUT2D eigenvalue weighted by atomic mass is 35.5. The maximum Gasteiger partial charge on any atom is 0.145 e. The van der Waals surface area contributed by atoms with Gasteiger partial charge in [0.15, 0.2) is 0 Å². The van der Waals surface area contributed by atoms with E-state index in [1.165, 1.54) is 0 Å². The average molecular weight is 215 g/mol. The highest BCUT2D eigenvalue weighted by molar-refractivity contribution is 6.33. The highest BCUT2D eigenvalue weighted by Gasteiger charge is 2.05. The fourth-order valence-electron chi connectivity index (χ4n) is 1.02. The molecule has 0 fully saturated rings. The van der Waals surface area contributed by atoms with Gasteiger partial charge in [0.25, 0.3) is 0 Å². The normalized spacial score (nSPS) is 12.6. The number of pyridine rings is 1. The predicted molar refractivity (Wildman–Crippen MR) is 58.8 cm³/mol. The van der Waals surface area contributed by atoms with Crippen molar-refractivity contribution in [3.63, 3.8) is 0 Å². The van der Waals surface area contributed by atoms with Crippen LogP contribution in [-0.2, 0) is 0 Å². The largest absolute Gasteiger partial charge is 0.391 e.